The van der Waals surface area contributed by atoms with Gasteiger partial charge in [0.1, 0.15) is 0 Å². The number of benzene rings is 2. The molecule has 152 valence electrons. The van der Waals surface area contributed by atoms with E-state index in [-0.39, 0.29) is 11.2 Å². The minimum absolute atomic E-state index is 0.134. The Morgan fingerprint density at radius 2 is 1.83 bits per heavy atom. The standard InChI is InChI=1S/C21H18ClN5OS2/c1-13(19(28)24-20-23-17(12-29-20)14-6-4-3-5-7-14)30-21-26-25-18(27(21)2)15-8-10-16(22)11-9-15/h3-13H,1-2H3,(H,23,24,28). The molecule has 2 aromatic carbocycles. The van der Waals surface area contributed by atoms with Crippen LogP contribution in [-0.4, -0.2) is 30.9 Å². The fraction of sp³-hybridized carbons (Fsp3) is 0.143. The molecule has 0 saturated carbocycles. The quantitative estimate of drug-likeness (QED) is 0.395. The monoisotopic (exact) mass is 455 g/mol. The van der Waals surface area contributed by atoms with E-state index in [1.54, 1.807) is 0 Å². The van der Waals surface area contributed by atoms with Crippen molar-refractivity contribution >= 4 is 45.7 Å². The summed E-state index contributed by atoms with van der Waals surface area (Å²) in [6.45, 7) is 1.84. The molecule has 2 aromatic heterocycles. The molecule has 0 aliphatic rings. The van der Waals surface area contributed by atoms with Crippen LogP contribution < -0.4 is 5.32 Å². The van der Waals surface area contributed by atoms with Gasteiger partial charge in [0, 0.05) is 28.6 Å². The van der Waals surface area contributed by atoms with Crippen LogP contribution in [0.15, 0.2) is 65.1 Å². The molecule has 1 N–H and O–H groups in total. The van der Waals surface area contributed by atoms with Crippen LogP contribution in [0.5, 0.6) is 0 Å². The number of carbonyl (C=O) groups excluding carboxylic acids is 1. The summed E-state index contributed by atoms with van der Waals surface area (Å²) in [6.07, 6.45) is 0. The largest absolute Gasteiger partial charge is 0.305 e. The Morgan fingerprint density at radius 3 is 2.57 bits per heavy atom. The lowest BCUT2D eigenvalue weighted by Crippen LogP contribution is -2.22. The zero-order chi connectivity index (χ0) is 21.1. The molecule has 1 unspecified atom stereocenters. The van der Waals surface area contributed by atoms with E-state index >= 15 is 0 Å². The van der Waals surface area contributed by atoms with Crippen molar-refractivity contribution in [1.82, 2.24) is 19.7 Å². The second kappa shape index (κ2) is 8.99. The highest BCUT2D eigenvalue weighted by Crippen LogP contribution is 2.28. The summed E-state index contributed by atoms with van der Waals surface area (Å²) >= 11 is 8.71. The minimum Gasteiger partial charge on any atom is -0.305 e. The number of carbonyl (C=O) groups is 1. The summed E-state index contributed by atoms with van der Waals surface area (Å²) in [5, 5.41) is 14.9. The summed E-state index contributed by atoms with van der Waals surface area (Å²) in [7, 11) is 1.88. The van der Waals surface area contributed by atoms with Gasteiger partial charge in [-0.05, 0) is 31.2 Å². The molecule has 0 fully saturated rings. The molecule has 2 heterocycles. The van der Waals surface area contributed by atoms with Crippen molar-refractivity contribution < 1.29 is 4.79 Å². The van der Waals surface area contributed by atoms with E-state index in [2.05, 4.69) is 20.5 Å². The Kier molecular flexibility index (Phi) is 6.17. The summed E-state index contributed by atoms with van der Waals surface area (Å²) in [4.78, 5) is 17.2. The van der Waals surface area contributed by atoms with E-state index in [1.807, 2.05) is 78.5 Å². The predicted molar refractivity (Wildman–Crippen MR) is 123 cm³/mol. The molecule has 1 amide bonds. The smallest absolute Gasteiger partial charge is 0.239 e. The van der Waals surface area contributed by atoms with Crippen LogP contribution >= 0.6 is 34.7 Å². The highest BCUT2D eigenvalue weighted by molar-refractivity contribution is 8.00. The first-order valence-corrected chi connectivity index (χ1v) is 11.3. The molecule has 4 rings (SSSR count). The molecule has 30 heavy (non-hydrogen) atoms. The van der Waals surface area contributed by atoms with Gasteiger partial charge in [0.2, 0.25) is 5.91 Å². The lowest BCUT2D eigenvalue weighted by molar-refractivity contribution is -0.115. The number of anilines is 1. The van der Waals surface area contributed by atoms with Gasteiger partial charge in [0.25, 0.3) is 0 Å². The lowest BCUT2D eigenvalue weighted by atomic mass is 10.2. The van der Waals surface area contributed by atoms with Gasteiger partial charge >= 0.3 is 0 Å². The van der Waals surface area contributed by atoms with E-state index in [0.717, 1.165) is 16.8 Å². The van der Waals surface area contributed by atoms with E-state index in [1.165, 1.54) is 23.1 Å². The molecule has 0 aliphatic carbocycles. The molecule has 1 atom stereocenters. The van der Waals surface area contributed by atoms with Crippen molar-refractivity contribution in [1.29, 1.82) is 0 Å². The van der Waals surface area contributed by atoms with Crippen LogP contribution in [0.25, 0.3) is 22.6 Å². The summed E-state index contributed by atoms with van der Waals surface area (Å²) in [5.41, 5.74) is 2.78. The van der Waals surface area contributed by atoms with Gasteiger partial charge in [-0.1, -0.05) is 53.7 Å². The molecule has 0 radical (unpaired) electrons. The first kappa shape index (κ1) is 20.6. The number of rotatable bonds is 6. The Morgan fingerprint density at radius 1 is 1.10 bits per heavy atom. The highest BCUT2D eigenvalue weighted by atomic mass is 35.5. The number of thioether (sulfide) groups is 1. The minimum atomic E-state index is -0.366. The molecule has 0 saturated heterocycles. The third-order valence-electron chi connectivity index (χ3n) is 4.39. The van der Waals surface area contributed by atoms with E-state index < -0.39 is 0 Å². The van der Waals surface area contributed by atoms with Crippen LogP contribution in [0.3, 0.4) is 0 Å². The third-order valence-corrected chi connectivity index (χ3v) is 6.54. The van der Waals surface area contributed by atoms with Crippen LogP contribution in [0.4, 0.5) is 5.13 Å². The van der Waals surface area contributed by atoms with Gasteiger partial charge < -0.3 is 9.88 Å². The molecule has 0 spiro atoms. The Bertz CT molecular complexity index is 1160. The number of halogens is 1. The van der Waals surface area contributed by atoms with Gasteiger partial charge in [-0.2, -0.15) is 0 Å². The van der Waals surface area contributed by atoms with Crippen molar-refractivity contribution in [3.05, 3.63) is 65.0 Å². The number of aromatic nitrogens is 4. The van der Waals surface area contributed by atoms with Crippen molar-refractivity contribution in [2.45, 2.75) is 17.3 Å². The number of hydrogen-bond donors (Lipinski definition) is 1. The number of amides is 1. The fourth-order valence-electron chi connectivity index (χ4n) is 2.76. The average Bonchev–Trinajstić information content (AvgIpc) is 3.36. The number of hydrogen-bond acceptors (Lipinski definition) is 6. The van der Waals surface area contributed by atoms with Crippen molar-refractivity contribution in [3.8, 4) is 22.6 Å². The molecular formula is C21H18ClN5OS2. The lowest BCUT2D eigenvalue weighted by Gasteiger charge is -2.10. The maximum Gasteiger partial charge on any atom is 0.239 e. The van der Waals surface area contributed by atoms with Gasteiger partial charge in [-0.15, -0.1) is 21.5 Å². The Balaban J connectivity index is 1.42. The van der Waals surface area contributed by atoms with Crippen molar-refractivity contribution in [3.63, 3.8) is 0 Å². The first-order chi connectivity index (χ1) is 14.5. The summed E-state index contributed by atoms with van der Waals surface area (Å²) in [6, 6.07) is 17.3. The van der Waals surface area contributed by atoms with E-state index in [9.17, 15) is 4.79 Å². The number of nitrogens with one attached hydrogen (secondary N) is 1. The Labute approximate surface area is 187 Å². The second-order valence-corrected chi connectivity index (χ2v) is 9.13. The molecule has 9 heteroatoms. The second-order valence-electron chi connectivity index (χ2n) is 6.53. The van der Waals surface area contributed by atoms with Crippen LogP contribution in [0, 0.1) is 0 Å². The molecule has 6 nitrogen and oxygen atoms in total. The highest BCUT2D eigenvalue weighted by Gasteiger charge is 2.20. The molecular weight excluding hydrogens is 438 g/mol. The third kappa shape index (κ3) is 4.56. The van der Waals surface area contributed by atoms with Crippen LogP contribution in [0.1, 0.15) is 6.92 Å². The zero-order valence-electron chi connectivity index (χ0n) is 16.2. The van der Waals surface area contributed by atoms with Crippen LogP contribution in [-0.2, 0) is 11.8 Å². The maximum absolute atomic E-state index is 12.7. The molecule has 4 aromatic rings. The molecule has 0 aliphatic heterocycles. The van der Waals surface area contributed by atoms with Gasteiger partial charge in [-0.25, -0.2) is 4.98 Å². The zero-order valence-corrected chi connectivity index (χ0v) is 18.6. The maximum atomic E-state index is 12.7. The topological polar surface area (TPSA) is 72.7 Å². The van der Waals surface area contributed by atoms with Crippen molar-refractivity contribution in [2.24, 2.45) is 7.05 Å². The average molecular weight is 456 g/mol. The van der Waals surface area contributed by atoms with Gasteiger partial charge in [0.05, 0.1) is 10.9 Å². The summed E-state index contributed by atoms with van der Waals surface area (Å²) < 4.78 is 1.87. The van der Waals surface area contributed by atoms with Crippen molar-refractivity contribution in [2.75, 3.05) is 5.32 Å². The first-order valence-electron chi connectivity index (χ1n) is 9.15. The number of thiazole rings is 1. The predicted octanol–water partition coefficient (Wildman–Crippen LogP) is 5.38. The molecule has 0 bridgehead atoms. The normalized spacial score (nSPS) is 12.0. The fourth-order valence-corrected chi connectivity index (χ4v) is 4.42. The Hall–Kier alpha value is -2.68. The van der Waals surface area contributed by atoms with Crippen LogP contribution in [0.2, 0.25) is 5.02 Å². The van der Waals surface area contributed by atoms with Gasteiger partial charge in [-0.3, -0.25) is 4.79 Å². The van der Waals surface area contributed by atoms with Gasteiger partial charge in [0.15, 0.2) is 16.1 Å². The SMILES string of the molecule is CC(Sc1nnc(-c2ccc(Cl)cc2)n1C)C(=O)Nc1nc(-c2ccccc2)cs1. The number of nitrogens with zero attached hydrogens (tertiary/aromatic N) is 4. The van der Waals surface area contributed by atoms with E-state index in [0.29, 0.717) is 21.1 Å². The van der Waals surface area contributed by atoms with E-state index in [4.69, 9.17) is 11.6 Å². The summed E-state index contributed by atoms with van der Waals surface area (Å²) in [5.74, 6) is 0.583.